The number of fused-ring (bicyclic) bond motifs is 1. The molecule has 2 rings (SSSR count). The van der Waals surface area contributed by atoms with E-state index in [1.54, 1.807) is 10.6 Å². The molecule has 0 saturated carbocycles. The number of nitrogens with zero attached hydrogens (tertiary/aromatic N) is 3. The van der Waals surface area contributed by atoms with Gasteiger partial charge in [-0.05, 0) is 34.1 Å². The Morgan fingerprint density at radius 1 is 1.50 bits per heavy atom. The van der Waals surface area contributed by atoms with E-state index in [0.717, 1.165) is 15.9 Å². The Labute approximate surface area is 77.9 Å². The molecule has 0 spiro atoms. The number of hydrogen-bond donors (Lipinski definition) is 0. The molecule has 0 aromatic carbocycles. The van der Waals surface area contributed by atoms with Crippen molar-refractivity contribution >= 4 is 27.7 Å². The van der Waals surface area contributed by atoms with Crippen molar-refractivity contribution in [1.29, 1.82) is 0 Å². The minimum Gasteiger partial charge on any atom is -0.220 e. The van der Waals surface area contributed by atoms with Crippen molar-refractivity contribution in [3.8, 4) is 0 Å². The van der Waals surface area contributed by atoms with Crippen molar-refractivity contribution < 1.29 is 0 Å². The highest BCUT2D eigenvalue weighted by molar-refractivity contribution is 9.10. The second-order valence-corrected chi connectivity index (χ2v) is 3.14. The minimum absolute atomic E-state index is 0.788. The van der Waals surface area contributed by atoms with Crippen molar-refractivity contribution in [2.75, 3.05) is 0 Å². The third-order valence-electron chi connectivity index (χ3n) is 1.52. The first-order chi connectivity index (χ1) is 5.79. The van der Waals surface area contributed by atoms with E-state index in [1.165, 1.54) is 0 Å². The van der Waals surface area contributed by atoms with Crippen LogP contribution in [0.5, 0.6) is 0 Å². The molecule has 0 amide bonds. The Morgan fingerprint density at radius 3 is 3.08 bits per heavy atom. The maximum atomic E-state index is 4.22. The van der Waals surface area contributed by atoms with Crippen LogP contribution >= 0.6 is 15.9 Å². The Kier molecular flexibility index (Phi) is 1.69. The Bertz CT molecular complexity index is 433. The van der Waals surface area contributed by atoms with Gasteiger partial charge in [0.05, 0.1) is 11.9 Å². The summed E-state index contributed by atoms with van der Waals surface area (Å²) in [6, 6.07) is 3.77. The van der Waals surface area contributed by atoms with Gasteiger partial charge in [-0.1, -0.05) is 6.58 Å². The molecular weight excluding hydrogens is 218 g/mol. The Morgan fingerprint density at radius 2 is 2.33 bits per heavy atom. The normalized spacial score (nSPS) is 10.4. The van der Waals surface area contributed by atoms with Gasteiger partial charge in [0.1, 0.15) is 4.60 Å². The lowest BCUT2D eigenvalue weighted by atomic mass is 10.4. The van der Waals surface area contributed by atoms with Crippen molar-refractivity contribution in [3.63, 3.8) is 0 Å². The van der Waals surface area contributed by atoms with E-state index in [9.17, 15) is 0 Å². The lowest BCUT2D eigenvalue weighted by Gasteiger charge is -1.92. The number of halogens is 1. The summed E-state index contributed by atoms with van der Waals surface area (Å²) in [5.41, 5.74) is 1.67. The van der Waals surface area contributed by atoms with Gasteiger partial charge in [-0.15, -0.1) is 0 Å². The van der Waals surface area contributed by atoms with Gasteiger partial charge in [0.25, 0.3) is 0 Å². The highest BCUT2D eigenvalue weighted by Crippen LogP contribution is 2.09. The van der Waals surface area contributed by atoms with E-state index in [-0.39, 0.29) is 0 Å². The fourth-order valence-electron chi connectivity index (χ4n) is 0.977. The van der Waals surface area contributed by atoms with E-state index in [1.807, 2.05) is 18.3 Å². The predicted molar refractivity (Wildman–Crippen MR) is 50.8 cm³/mol. The SMILES string of the molecule is C=Cc1ccc2nc(Br)cn2n1. The van der Waals surface area contributed by atoms with Crippen LogP contribution in [0.15, 0.2) is 29.5 Å². The molecule has 0 aliphatic heterocycles. The molecule has 12 heavy (non-hydrogen) atoms. The number of rotatable bonds is 1. The van der Waals surface area contributed by atoms with Crippen molar-refractivity contribution in [3.05, 3.63) is 35.2 Å². The molecule has 60 valence electrons. The summed E-state index contributed by atoms with van der Waals surface area (Å²) in [6.07, 6.45) is 3.51. The van der Waals surface area contributed by atoms with E-state index in [2.05, 4.69) is 32.6 Å². The zero-order valence-electron chi connectivity index (χ0n) is 6.24. The summed E-state index contributed by atoms with van der Waals surface area (Å²) in [5.74, 6) is 0. The second kappa shape index (κ2) is 2.71. The summed E-state index contributed by atoms with van der Waals surface area (Å²) in [5, 5.41) is 4.22. The molecule has 0 aliphatic carbocycles. The maximum absolute atomic E-state index is 4.22. The third-order valence-corrected chi connectivity index (χ3v) is 1.90. The quantitative estimate of drug-likeness (QED) is 0.742. The Hall–Kier alpha value is -1.16. The minimum atomic E-state index is 0.788. The molecule has 0 unspecified atom stereocenters. The van der Waals surface area contributed by atoms with Gasteiger partial charge in [-0.2, -0.15) is 5.10 Å². The van der Waals surface area contributed by atoms with Crippen LogP contribution in [0.1, 0.15) is 5.69 Å². The van der Waals surface area contributed by atoms with Gasteiger partial charge in [0.2, 0.25) is 0 Å². The van der Waals surface area contributed by atoms with Gasteiger partial charge in [-0.25, -0.2) is 9.50 Å². The van der Waals surface area contributed by atoms with Crippen molar-refractivity contribution in [2.45, 2.75) is 0 Å². The van der Waals surface area contributed by atoms with Gasteiger partial charge in [-0.3, -0.25) is 0 Å². The molecule has 2 aromatic heterocycles. The van der Waals surface area contributed by atoms with E-state index >= 15 is 0 Å². The first-order valence-electron chi connectivity index (χ1n) is 3.44. The molecule has 0 aliphatic rings. The molecule has 0 N–H and O–H groups in total. The first kappa shape index (κ1) is 7.49. The van der Waals surface area contributed by atoms with E-state index in [0.29, 0.717) is 0 Å². The van der Waals surface area contributed by atoms with Crippen LogP contribution in [0.2, 0.25) is 0 Å². The summed E-state index contributed by atoms with van der Waals surface area (Å²) < 4.78 is 2.50. The first-order valence-corrected chi connectivity index (χ1v) is 4.23. The molecule has 3 nitrogen and oxygen atoms in total. The molecule has 0 bridgehead atoms. The summed E-state index contributed by atoms with van der Waals surface area (Å²) in [6.45, 7) is 3.64. The van der Waals surface area contributed by atoms with Gasteiger partial charge in [0.15, 0.2) is 5.65 Å². The van der Waals surface area contributed by atoms with Gasteiger partial charge in [0, 0.05) is 0 Å². The van der Waals surface area contributed by atoms with E-state index < -0.39 is 0 Å². The van der Waals surface area contributed by atoms with Crippen LogP contribution in [-0.4, -0.2) is 14.6 Å². The van der Waals surface area contributed by atoms with Crippen molar-refractivity contribution in [2.24, 2.45) is 0 Å². The standard InChI is InChI=1S/C8H6BrN3/c1-2-6-3-4-8-10-7(9)5-12(8)11-6/h2-5H,1H2. The molecule has 2 heterocycles. The summed E-state index contributed by atoms with van der Waals surface area (Å²) in [7, 11) is 0. The van der Waals surface area contributed by atoms with E-state index in [4.69, 9.17) is 0 Å². The molecule has 0 fully saturated rings. The fraction of sp³-hybridized carbons (Fsp3) is 0. The Balaban J connectivity index is 2.74. The average Bonchev–Trinajstić information content (AvgIpc) is 2.43. The number of hydrogen-bond acceptors (Lipinski definition) is 2. The van der Waals surface area contributed by atoms with Crippen LogP contribution in [0, 0.1) is 0 Å². The second-order valence-electron chi connectivity index (χ2n) is 2.33. The zero-order valence-corrected chi connectivity index (χ0v) is 7.82. The summed E-state index contributed by atoms with van der Waals surface area (Å²) >= 11 is 3.27. The van der Waals surface area contributed by atoms with Crippen LogP contribution in [-0.2, 0) is 0 Å². The maximum Gasteiger partial charge on any atom is 0.154 e. The molecule has 2 aromatic rings. The van der Waals surface area contributed by atoms with Crippen molar-refractivity contribution in [1.82, 2.24) is 14.6 Å². The molecular formula is C8H6BrN3. The monoisotopic (exact) mass is 223 g/mol. The molecule has 0 saturated heterocycles. The van der Waals surface area contributed by atoms with Crippen LogP contribution in [0.4, 0.5) is 0 Å². The highest BCUT2D eigenvalue weighted by Gasteiger charge is 1.98. The number of aromatic nitrogens is 3. The fourth-order valence-corrected chi connectivity index (χ4v) is 1.35. The average molecular weight is 224 g/mol. The molecule has 4 heteroatoms. The lowest BCUT2D eigenvalue weighted by Crippen LogP contribution is -1.91. The van der Waals surface area contributed by atoms with Crippen LogP contribution in [0.3, 0.4) is 0 Å². The largest absolute Gasteiger partial charge is 0.220 e. The summed E-state index contributed by atoms with van der Waals surface area (Å²) in [4.78, 5) is 4.17. The molecule has 0 radical (unpaired) electrons. The predicted octanol–water partition coefficient (Wildman–Crippen LogP) is 2.13. The third kappa shape index (κ3) is 1.14. The molecule has 0 atom stereocenters. The number of imidazole rings is 1. The van der Waals surface area contributed by atoms with Gasteiger partial charge < -0.3 is 0 Å². The van der Waals surface area contributed by atoms with Crippen LogP contribution in [0.25, 0.3) is 11.7 Å². The smallest absolute Gasteiger partial charge is 0.154 e. The lowest BCUT2D eigenvalue weighted by molar-refractivity contribution is 0.926. The topological polar surface area (TPSA) is 30.2 Å². The zero-order chi connectivity index (χ0) is 8.55. The van der Waals surface area contributed by atoms with Crippen LogP contribution < -0.4 is 0 Å². The van der Waals surface area contributed by atoms with Gasteiger partial charge >= 0.3 is 0 Å². The highest BCUT2D eigenvalue weighted by atomic mass is 79.9.